The standard InChI is InChI=1S/C14H20N4O2S/c1-5-20-9-6-8(14(9,2)3)18-11-10(17-13(18)21)12(19-4)16-7-15-11/h7-9H,5-6H2,1-4H3,(H,17,21). The maximum atomic E-state index is 5.80. The zero-order chi connectivity index (χ0) is 15.2. The number of nitrogens with one attached hydrogen (secondary N) is 1. The lowest BCUT2D eigenvalue weighted by Gasteiger charge is -2.51. The average Bonchev–Trinajstić information content (AvgIpc) is 2.79. The van der Waals surface area contributed by atoms with Crippen molar-refractivity contribution < 1.29 is 9.47 Å². The zero-order valence-electron chi connectivity index (χ0n) is 12.7. The number of fused-ring (bicyclic) bond motifs is 1. The van der Waals surface area contributed by atoms with E-state index in [9.17, 15) is 0 Å². The number of H-pyrrole nitrogens is 1. The average molecular weight is 308 g/mol. The summed E-state index contributed by atoms with van der Waals surface area (Å²) in [6.07, 6.45) is 2.70. The van der Waals surface area contributed by atoms with Crippen LogP contribution in [0.4, 0.5) is 0 Å². The quantitative estimate of drug-likeness (QED) is 0.880. The van der Waals surface area contributed by atoms with Crippen molar-refractivity contribution in [2.24, 2.45) is 5.41 Å². The highest BCUT2D eigenvalue weighted by Crippen LogP contribution is 2.52. The molecule has 0 spiro atoms. The molecule has 1 aliphatic rings. The molecule has 2 aromatic heterocycles. The van der Waals surface area contributed by atoms with E-state index in [0.717, 1.165) is 24.2 Å². The number of hydrogen-bond donors (Lipinski definition) is 1. The molecule has 0 aromatic carbocycles. The minimum Gasteiger partial charge on any atom is -0.479 e. The first-order valence-corrected chi connectivity index (χ1v) is 7.52. The van der Waals surface area contributed by atoms with Gasteiger partial charge in [-0.2, -0.15) is 4.98 Å². The third kappa shape index (κ3) is 2.06. The van der Waals surface area contributed by atoms with Crippen molar-refractivity contribution in [3.63, 3.8) is 0 Å². The van der Waals surface area contributed by atoms with E-state index >= 15 is 0 Å². The van der Waals surface area contributed by atoms with Crippen molar-refractivity contribution in [1.82, 2.24) is 19.5 Å². The van der Waals surface area contributed by atoms with Crippen molar-refractivity contribution in [3.05, 3.63) is 11.1 Å². The van der Waals surface area contributed by atoms with Gasteiger partial charge in [-0.3, -0.25) is 4.57 Å². The molecule has 0 amide bonds. The van der Waals surface area contributed by atoms with Crippen molar-refractivity contribution in [2.45, 2.75) is 39.3 Å². The Labute approximate surface area is 128 Å². The molecule has 0 bridgehead atoms. The van der Waals surface area contributed by atoms with E-state index in [1.54, 1.807) is 7.11 Å². The molecule has 21 heavy (non-hydrogen) atoms. The smallest absolute Gasteiger partial charge is 0.242 e. The number of aromatic amines is 1. The lowest BCUT2D eigenvalue weighted by atomic mass is 9.64. The second-order valence-corrected chi connectivity index (χ2v) is 6.29. The van der Waals surface area contributed by atoms with Gasteiger partial charge in [-0.15, -0.1) is 0 Å². The lowest BCUT2D eigenvalue weighted by Crippen LogP contribution is -2.51. The molecular weight excluding hydrogens is 288 g/mol. The van der Waals surface area contributed by atoms with Gasteiger partial charge < -0.3 is 14.5 Å². The van der Waals surface area contributed by atoms with E-state index in [1.165, 1.54) is 6.33 Å². The maximum absolute atomic E-state index is 5.80. The molecule has 6 nitrogen and oxygen atoms in total. The highest BCUT2D eigenvalue weighted by molar-refractivity contribution is 7.71. The number of imidazole rings is 1. The van der Waals surface area contributed by atoms with E-state index < -0.39 is 0 Å². The summed E-state index contributed by atoms with van der Waals surface area (Å²) in [5.74, 6) is 0.517. The van der Waals surface area contributed by atoms with E-state index in [0.29, 0.717) is 10.7 Å². The van der Waals surface area contributed by atoms with Crippen LogP contribution in [0.2, 0.25) is 0 Å². The Balaban J connectivity index is 2.07. The number of aromatic nitrogens is 4. The molecule has 2 heterocycles. The third-order valence-corrected chi connectivity index (χ3v) is 4.77. The van der Waals surface area contributed by atoms with Crippen molar-refractivity contribution in [3.8, 4) is 5.88 Å². The molecule has 2 unspecified atom stereocenters. The fraction of sp³-hybridized carbons (Fsp3) is 0.643. The summed E-state index contributed by atoms with van der Waals surface area (Å²) in [4.78, 5) is 11.7. The van der Waals surface area contributed by atoms with E-state index in [2.05, 4.69) is 33.4 Å². The van der Waals surface area contributed by atoms with Crippen LogP contribution < -0.4 is 4.74 Å². The molecule has 0 aliphatic heterocycles. The molecule has 2 aromatic rings. The van der Waals surface area contributed by atoms with Crippen LogP contribution in [0.25, 0.3) is 11.2 Å². The summed E-state index contributed by atoms with van der Waals surface area (Å²) >= 11 is 5.49. The fourth-order valence-electron chi connectivity index (χ4n) is 3.15. The molecule has 1 fully saturated rings. The molecular formula is C14H20N4O2S. The first kappa shape index (κ1) is 14.5. The van der Waals surface area contributed by atoms with Crippen LogP contribution in [0.1, 0.15) is 33.2 Å². The van der Waals surface area contributed by atoms with Crippen molar-refractivity contribution in [1.29, 1.82) is 0 Å². The number of methoxy groups -OCH3 is 1. The molecule has 1 N–H and O–H groups in total. The van der Waals surface area contributed by atoms with Gasteiger partial charge in [0.2, 0.25) is 5.88 Å². The van der Waals surface area contributed by atoms with Gasteiger partial charge in [0.05, 0.1) is 13.2 Å². The van der Waals surface area contributed by atoms with Crippen molar-refractivity contribution >= 4 is 23.4 Å². The van der Waals surface area contributed by atoms with Gasteiger partial charge in [0, 0.05) is 18.1 Å². The molecule has 2 atom stereocenters. The van der Waals surface area contributed by atoms with Gasteiger partial charge in [-0.25, -0.2) is 4.98 Å². The maximum Gasteiger partial charge on any atom is 0.242 e. The predicted molar refractivity (Wildman–Crippen MR) is 82.1 cm³/mol. The van der Waals surface area contributed by atoms with Gasteiger partial charge in [0.1, 0.15) is 11.8 Å². The molecule has 3 rings (SSSR count). The van der Waals surface area contributed by atoms with Gasteiger partial charge >= 0.3 is 0 Å². The first-order valence-electron chi connectivity index (χ1n) is 7.11. The van der Waals surface area contributed by atoms with Crippen LogP contribution in [-0.4, -0.2) is 39.3 Å². The summed E-state index contributed by atoms with van der Waals surface area (Å²) in [5.41, 5.74) is 1.56. The highest BCUT2D eigenvalue weighted by Gasteiger charge is 2.50. The Morgan fingerprint density at radius 1 is 1.48 bits per heavy atom. The minimum atomic E-state index is 0.0154. The topological polar surface area (TPSA) is 65.0 Å². The van der Waals surface area contributed by atoms with E-state index in [1.807, 2.05) is 6.92 Å². The highest BCUT2D eigenvalue weighted by atomic mass is 32.1. The third-order valence-electron chi connectivity index (χ3n) is 4.47. The Kier molecular flexibility index (Phi) is 3.49. The monoisotopic (exact) mass is 308 g/mol. The van der Waals surface area contributed by atoms with Crippen LogP contribution in [-0.2, 0) is 4.74 Å². The van der Waals surface area contributed by atoms with Crippen molar-refractivity contribution in [2.75, 3.05) is 13.7 Å². The molecule has 1 saturated carbocycles. The Hall–Kier alpha value is -1.47. The normalized spacial score (nSPS) is 24.0. The molecule has 114 valence electrons. The second kappa shape index (κ2) is 5.06. The van der Waals surface area contributed by atoms with E-state index in [4.69, 9.17) is 21.7 Å². The van der Waals surface area contributed by atoms with Crippen LogP contribution in [0, 0.1) is 10.2 Å². The lowest BCUT2D eigenvalue weighted by molar-refractivity contribution is -0.127. The number of rotatable bonds is 4. The summed E-state index contributed by atoms with van der Waals surface area (Å²) in [5, 5.41) is 0. The number of ether oxygens (including phenoxy) is 2. The van der Waals surface area contributed by atoms with Gasteiger partial charge in [0.15, 0.2) is 10.4 Å². The van der Waals surface area contributed by atoms with E-state index in [-0.39, 0.29) is 17.6 Å². The Bertz CT molecular complexity index is 721. The van der Waals surface area contributed by atoms with Gasteiger partial charge in [-0.05, 0) is 25.6 Å². The Morgan fingerprint density at radius 3 is 2.86 bits per heavy atom. The second-order valence-electron chi connectivity index (χ2n) is 5.90. The summed E-state index contributed by atoms with van der Waals surface area (Å²) in [7, 11) is 1.59. The Morgan fingerprint density at radius 2 is 2.24 bits per heavy atom. The van der Waals surface area contributed by atoms with Gasteiger partial charge in [0.25, 0.3) is 0 Å². The predicted octanol–water partition coefficient (Wildman–Crippen LogP) is 2.87. The minimum absolute atomic E-state index is 0.0154. The summed E-state index contributed by atoms with van der Waals surface area (Å²) in [6.45, 7) is 7.18. The number of nitrogens with zero attached hydrogens (tertiary/aromatic N) is 3. The SMILES string of the molecule is CCOC1CC(n2c(=S)[nH]c3c(OC)ncnc32)C1(C)C. The van der Waals surface area contributed by atoms with Gasteiger partial charge in [-0.1, -0.05) is 13.8 Å². The fourth-order valence-corrected chi connectivity index (χ4v) is 3.46. The summed E-state index contributed by atoms with van der Waals surface area (Å²) in [6, 6.07) is 0.259. The molecule has 0 saturated heterocycles. The first-order chi connectivity index (χ1) is 10.0. The van der Waals surface area contributed by atoms with Crippen LogP contribution in [0.5, 0.6) is 5.88 Å². The van der Waals surface area contributed by atoms with Crippen LogP contribution in [0.3, 0.4) is 0 Å². The zero-order valence-corrected chi connectivity index (χ0v) is 13.5. The van der Waals surface area contributed by atoms with Crippen LogP contribution in [0.15, 0.2) is 6.33 Å². The molecule has 1 aliphatic carbocycles. The summed E-state index contributed by atoms with van der Waals surface area (Å²) < 4.78 is 13.8. The molecule has 7 heteroatoms. The van der Waals surface area contributed by atoms with Crippen LogP contribution >= 0.6 is 12.2 Å². The molecule has 0 radical (unpaired) electrons. The largest absolute Gasteiger partial charge is 0.479 e. The number of hydrogen-bond acceptors (Lipinski definition) is 5.